The van der Waals surface area contributed by atoms with E-state index in [0.717, 1.165) is 10.9 Å². The highest BCUT2D eigenvalue weighted by Gasteiger charge is 2.18. The highest BCUT2D eigenvalue weighted by molar-refractivity contribution is 6.05. The fourth-order valence-electron chi connectivity index (χ4n) is 3.39. The molecule has 0 atom stereocenters. The van der Waals surface area contributed by atoms with Crippen LogP contribution in [0.3, 0.4) is 0 Å². The maximum Gasteiger partial charge on any atom is 0.340 e. The number of anilines is 1. The smallest absolute Gasteiger partial charge is 0.340 e. The van der Waals surface area contributed by atoms with Crippen molar-refractivity contribution in [1.82, 2.24) is 4.98 Å². The van der Waals surface area contributed by atoms with Gasteiger partial charge in [-0.05, 0) is 25.1 Å². The molecule has 0 aliphatic heterocycles. The van der Waals surface area contributed by atoms with Gasteiger partial charge in [0.15, 0.2) is 0 Å². The molecule has 0 aliphatic rings. The number of para-hydroxylation sites is 1. The Balaban J connectivity index is 1.64. The molecular formula is C22H18N2O5. The number of hydrogen-bond donors (Lipinski definition) is 2. The number of carbonyl (C=O) groups excluding carboxylic acids is 2. The third-order valence-electron chi connectivity index (χ3n) is 4.61. The SMILES string of the molecule is CC(=O)Nc1ccc2c(COC(=O)c3c(C)[nH]c4ccccc34)cc(=O)oc2c1. The quantitative estimate of drug-likeness (QED) is 0.406. The molecular weight excluding hydrogens is 372 g/mol. The van der Waals surface area contributed by atoms with Crippen LogP contribution in [0.1, 0.15) is 28.5 Å². The molecule has 4 aromatic rings. The first-order chi connectivity index (χ1) is 13.9. The average Bonchev–Trinajstić information content (AvgIpc) is 3.00. The molecule has 146 valence electrons. The van der Waals surface area contributed by atoms with Crippen molar-refractivity contribution >= 4 is 39.4 Å². The fourth-order valence-corrected chi connectivity index (χ4v) is 3.39. The normalized spacial score (nSPS) is 11.0. The van der Waals surface area contributed by atoms with Crippen molar-refractivity contribution in [2.75, 3.05) is 5.32 Å². The first kappa shape index (κ1) is 18.5. The summed E-state index contributed by atoms with van der Waals surface area (Å²) in [6, 6.07) is 13.8. The predicted molar refractivity (Wildman–Crippen MR) is 109 cm³/mol. The third kappa shape index (κ3) is 3.62. The van der Waals surface area contributed by atoms with Crippen LogP contribution in [0.25, 0.3) is 21.9 Å². The average molecular weight is 390 g/mol. The number of aromatic amines is 1. The van der Waals surface area contributed by atoms with E-state index in [-0.39, 0.29) is 12.5 Å². The third-order valence-corrected chi connectivity index (χ3v) is 4.61. The van der Waals surface area contributed by atoms with Crippen molar-refractivity contribution in [3.05, 3.63) is 75.8 Å². The number of esters is 1. The highest BCUT2D eigenvalue weighted by Crippen LogP contribution is 2.25. The standard InChI is InChI=1S/C22H18N2O5/c1-12-21(17-5-3-4-6-18(17)23-12)22(27)28-11-14-9-20(26)29-19-10-15(24-13(2)25)7-8-16(14)19/h3-10,23H,11H2,1-2H3,(H,24,25). The molecule has 2 heterocycles. The number of aryl methyl sites for hydroxylation is 1. The van der Waals surface area contributed by atoms with E-state index in [1.165, 1.54) is 13.0 Å². The van der Waals surface area contributed by atoms with Crippen LogP contribution >= 0.6 is 0 Å². The van der Waals surface area contributed by atoms with Gasteiger partial charge in [0, 0.05) is 52.3 Å². The lowest BCUT2D eigenvalue weighted by Crippen LogP contribution is -2.09. The van der Waals surface area contributed by atoms with Crippen molar-refractivity contribution in [2.24, 2.45) is 0 Å². The van der Waals surface area contributed by atoms with Gasteiger partial charge >= 0.3 is 11.6 Å². The van der Waals surface area contributed by atoms with Crippen LogP contribution in [0, 0.1) is 6.92 Å². The Hall–Kier alpha value is -3.87. The van der Waals surface area contributed by atoms with Gasteiger partial charge in [0.05, 0.1) is 5.56 Å². The van der Waals surface area contributed by atoms with E-state index in [1.807, 2.05) is 31.2 Å². The lowest BCUT2D eigenvalue weighted by Gasteiger charge is -2.09. The molecule has 4 rings (SSSR count). The zero-order valence-electron chi connectivity index (χ0n) is 15.9. The Labute approximate surface area is 165 Å². The van der Waals surface area contributed by atoms with Crippen LogP contribution in [0.2, 0.25) is 0 Å². The molecule has 0 bridgehead atoms. The predicted octanol–water partition coefficient (Wildman–Crippen LogP) is 3.90. The Morgan fingerprint density at radius 1 is 1.10 bits per heavy atom. The van der Waals surface area contributed by atoms with Gasteiger partial charge in [0.25, 0.3) is 0 Å². The molecule has 0 fully saturated rings. The van der Waals surface area contributed by atoms with Gasteiger partial charge in [-0.1, -0.05) is 18.2 Å². The lowest BCUT2D eigenvalue weighted by molar-refractivity contribution is -0.114. The first-order valence-electron chi connectivity index (χ1n) is 9.01. The van der Waals surface area contributed by atoms with Crippen LogP contribution in [-0.4, -0.2) is 16.9 Å². The molecule has 7 heteroatoms. The Kier molecular flexibility index (Phi) is 4.64. The number of benzene rings is 2. The summed E-state index contributed by atoms with van der Waals surface area (Å²) in [5.41, 5.74) is 2.82. The van der Waals surface area contributed by atoms with Gasteiger partial charge in [-0.15, -0.1) is 0 Å². The van der Waals surface area contributed by atoms with Crippen molar-refractivity contribution < 1.29 is 18.7 Å². The van der Waals surface area contributed by atoms with Crippen LogP contribution < -0.4 is 10.9 Å². The molecule has 0 unspecified atom stereocenters. The molecule has 2 aromatic carbocycles. The molecule has 0 saturated carbocycles. The van der Waals surface area contributed by atoms with E-state index in [4.69, 9.17) is 9.15 Å². The molecule has 0 radical (unpaired) electrons. The summed E-state index contributed by atoms with van der Waals surface area (Å²) in [7, 11) is 0. The molecule has 7 nitrogen and oxygen atoms in total. The monoisotopic (exact) mass is 390 g/mol. The van der Waals surface area contributed by atoms with Crippen LogP contribution in [0.5, 0.6) is 0 Å². The summed E-state index contributed by atoms with van der Waals surface area (Å²) in [5, 5.41) is 4.05. The van der Waals surface area contributed by atoms with Gasteiger partial charge in [-0.3, -0.25) is 4.79 Å². The minimum absolute atomic E-state index is 0.0840. The molecule has 2 N–H and O–H groups in total. The summed E-state index contributed by atoms with van der Waals surface area (Å²) in [4.78, 5) is 39.1. The van der Waals surface area contributed by atoms with Crippen LogP contribution in [0.4, 0.5) is 5.69 Å². The summed E-state index contributed by atoms with van der Waals surface area (Å²) < 4.78 is 10.7. The minimum Gasteiger partial charge on any atom is -0.457 e. The number of aromatic nitrogens is 1. The molecule has 2 aromatic heterocycles. The second-order valence-electron chi connectivity index (χ2n) is 6.73. The number of amides is 1. The largest absolute Gasteiger partial charge is 0.457 e. The van der Waals surface area contributed by atoms with E-state index in [9.17, 15) is 14.4 Å². The van der Waals surface area contributed by atoms with E-state index in [2.05, 4.69) is 10.3 Å². The molecule has 0 saturated heterocycles. The van der Waals surface area contributed by atoms with Gasteiger partial charge in [-0.2, -0.15) is 0 Å². The zero-order valence-corrected chi connectivity index (χ0v) is 15.9. The zero-order chi connectivity index (χ0) is 20.5. The maximum atomic E-state index is 12.7. The second-order valence-corrected chi connectivity index (χ2v) is 6.73. The van der Waals surface area contributed by atoms with Crippen molar-refractivity contribution in [3.63, 3.8) is 0 Å². The summed E-state index contributed by atoms with van der Waals surface area (Å²) in [6.07, 6.45) is 0. The minimum atomic E-state index is -0.563. The van der Waals surface area contributed by atoms with E-state index in [0.29, 0.717) is 33.5 Å². The number of carbonyl (C=O) groups is 2. The van der Waals surface area contributed by atoms with Gasteiger partial charge in [0.1, 0.15) is 12.2 Å². The maximum absolute atomic E-state index is 12.7. The molecule has 29 heavy (non-hydrogen) atoms. The summed E-state index contributed by atoms with van der Waals surface area (Å²) in [6.45, 7) is 3.12. The molecule has 1 amide bonds. The number of fused-ring (bicyclic) bond motifs is 2. The Morgan fingerprint density at radius 3 is 2.69 bits per heavy atom. The Morgan fingerprint density at radius 2 is 1.90 bits per heavy atom. The van der Waals surface area contributed by atoms with Gasteiger partial charge in [-0.25, -0.2) is 9.59 Å². The number of ether oxygens (including phenoxy) is 1. The van der Waals surface area contributed by atoms with Gasteiger partial charge < -0.3 is 19.5 Å². The van der Waals surface area contributed by atoms with E-state index >= 15 is 0 Å². The molecule has 0 aliphatic carbocycles. The number of hydrogen-bond acceptors (Lipinski definition) is 5. The van der Waals surface area contributed by atoms with Gasteiger partial charge in [0.2, 0.25) is 5.91 Å². The summed E-state index contributed by atoms with van der Waals surface area (Å²) in [5.74, 6) is -0.706. The van der Waals surface area contributed by atoms with Crippen LogP contribution in [-0.2, 0) is 16.1 Å². The summed E-state index contributed by atoms with van der Waals surface area (Å²) >= 11 is 0. The molecule has 0 spiro atoms. The topological polar surface area (TPSA) is 101 Å². The lowest BCUT2D eigenvalue weighted by atomic mass is 10.1. The van der Waals surface area contributed by atoms with E-state index < -0.39 is 11.6 Å². The Bertz CT molecular complexity index is 1320. The highest BCUT2D eigenvalue weighted by atomic mass is 16.5. The number of rotatable bonds is 4. The fraction of sp³-hybridized carbons (Fsp3) is 0.136. The van der Waals surface area contributed by atoms with Crippen molar-refractivity contribution in [1.29, 1.82) is 0 Å². The van der Waals surface area contributed by atoms with Crippen molar-refractivity contribution in [2.45, 2.75) is 20.5 Å². The van der Waals surface area contributed by atoms with Crippen LogP contribution in [0.15, 0.2) is 57.7 Å². The van der Waals surface area contributed by atoms with Crippen molar-refractivity contribution in [3.8, 4) is 0 Å². The first-order valence-corrected chi connectivity index (χ1v) is 9.01. The number of H-pyrrole nitrogens is 1. The van der Waals surface area contributed by atoms with E-state index in [1.54, 1.807) is 18.2 Å². The number of nitrogens with one attached hydrogen (secondary N) is 2. The second kappa shape index (κ2) is 7.27.